The predicted octanol–water partition coefficient (Wildman–Crippen LogP) is 5.98. The maximum absolute atomic E-state index is 3.46. The van der Waals surface area contributed by atoms with Crippen LogP contribution in [0.2, 0.25) is 0 Å². The zero-order valence-corrected chi connectivity index (χ0v) is 15.9. The van der Waals surface area contributed by atoms with Crippen molar-refractivity contribution in [3.8, 4) is 0 Å². The summed E-state index contributed by atoms with van der Waals surface area (Å²) in [5, 5.41) is 3.46. The Hall–Kier alpha value is -1.60. The number of nitrogens with one attached hydrogen (secondary N) is 1. The SMILES string of the molecule is Cc1ccccc1CCCCC(C)c1ccc(C2CCNCC2)cc1. The molecule has 0 aromatic heterocycles. The number of rotatable bonds is 7. The molecule has 1 atom stereocenters. The molecule has 2 aromatic rings. The molecular formula is C24H33N. The molecule has 0 radical (unpaired) electrons. The Morgan fingerprint density at radius 3 is 2.40 bits per heavy atom. The van der Waals surface area contributed by atoms with Gasteiger partial charge in [0.05, 0.1) is 0 Å². The molecule has 0 aliphatic carbocycles. The van der Waals surface area contributed by atoms with Crippen LogP contribution in [0.1, 0.15) is 73.1 Å². The maximum Gasteiger partial charge on any atom is -0.00431 e. The van der Waals surface area contributed by atoms with Crippen molar-refractivity contribution in [2.45, 2.75) is 64.2 Å². The fourth-order valence-electron chi connectivity index (χ4n) is 4.08. The van der Waals surface area contributed by atoms with Crippen LogP contribution in [0.3, 0.4) is 0 Å². The predicted molar refractivity (Wildman–Crippen MR) is 108 cm³/mol. The van der Waals surface area contributed by atoms with Gasteiger partial charge in [-0.25, -0.2) is 0 Å². The Bertz CT molecular complexity index is 637. The highest BCUT2D eigenvalue weighted by Crippen LogP contribution is 2.28. The summed E-state index contributed by atoms with van der Waals surface area (Å²) in [7, 11) is 0. The number of unbranched alkanes of at least 4 members (excludes halogenated alkanes) is 1. The summed E-state index contributed by atoms with van der Waals surface area (Å²) in [5.74, 6) is 1.43. The molecule has 0 spiro atoms. The van der Waals surface area contributed by atoms with Gasteiger partial charge in [0.1, 0.15) is 0 Å². The van der Waals surface area contributed by atoms with E-state index in [1.54, 1.807) is 0 Å². The highest BCUT2D eigenvalue weighted by molar-refractivity contribution is 5.28. The van der Waals surface area contributed by atoms with Gasteiger partial charge in [0.25, 0.3) is 0 Å². The highest BCUT2D eigenvalue weighted by Gasteiger charge is 2.15. The summed E-state index contributed by atoms with van der Waals surface area (Å²) < 4.78 is 0. The fourth-order valence-corrected chi connectivity index (χ4v) is 4.08. The van der Waals surface area contributed by atoms with E-state index in [0.717, 1.165) is 5.92 Å². The monoisotopic (exact) mass is 335 g/mol. The third kappa shape index (κ3) is 5.19. The number of hydrogen-bond acceptors (Lipinski definition) is 1. The van der Waals surface area contributed by atoms with Crippen molar-refractivity contribution in [1.29, 1.82) is 0 Å². The molecule has 1 heteroatoms. The second-order valence-corrected chi connectivity index (χ2v) is 7.76. The maximum atomic E-state index is 3.46. The minimum absolute atomic E-state index is 0.666. The van der Waals surface area contributed by atoms with E-state index < -0.39 is 0 Å². The summed E-state index contributed by atoms with van der Waals surface area (Å²) in [5.41, 5.74) is 6.00. The van der Waals surface area contributed by atoms with Crippen molar-refractivity contribution in [3.05, 3.63) is 70.8 Å². The second-order valence-electron chi connectivity index (χ2n) is 7.76. The summed E-state index contributed by atoms with van der Waals surface area (Å²) in [4.78, 5) is 0. The summed E-state index contributed by atoms with van der Waals surface area (Å²) in [6.45, 7) is 6.95. The second kappa shape index (κ2) is 9.20. The van der Waals surface area contributed by atoms with Gasteiger partial charge >= 0.3 is 0 Å². The Labute approximate surface area is 153 Å². The van der Waals surface area contributed by atoms with Crippen molar-refractivity contribution >= 4 is 0 Å². The van der Waals surface area contributed by atoms with Crippen LogP contribution in [-0.4, -0.2) is 13.1 Å². The van der Waals surface area contributed by atoms with Gasteiger partial charge in [-0.2, -0.15) is 0 Å². The van der Waals surface area contributed by atoms with Gasteiger partial charge in [-0.1, -0.05) is 61.9 Å². The van der Waals surface area contributed by atoms with Gasteiger partial charge in [-0.3, -0.25) is 0 Å². The first-order chi connectivity index (χ1) is 12.2. The van der Waals surface area contributed by atoms with Gasteiger partial charge < -0.3 is 5.32 Å². The van der Waals surface area contributed by atoms with Crippen LogP contribution >= 0.6 is 0 Å². The number of benzene rings is 2. The van der Waals surface area contributed by atoms with E-state index in [2.05, 4.69) is 67.7 Å². The van der Waals surface area contributed by atoms with Crippen LogP contribution in [0.25, 0.3) is 0 Å². The van der Waals surface area contributed by atoms with Crippen LogP contribution in [0.15, 0.2) is 48.5 Å². The zero-order valence-electron chi connectivity index (χ0n) is 15.9. The molecule has 1 N–H and O–H groups in total. The van der Waals surface area contributed by atoms with Crippen molar-refractivity contribution in [3.63, 3.8) is 0 Å². The van der Waals surface area contributed by atoms with E-state index in [-0.39, 0.29) is 0 Å². The molecule has 0 bridgehead atoms. The van der Waals surface area contributed by atoms with E-state index in [4.69, 9.17) is 0 Å². The molecule has 1 fully saturated rings. The standard InChI is InChI=1S/C24H33N/c1-19-7-3-5-9-21(19)10-6-4-8-20(2)22-11-13-23(14-12-22)24-15-17-25-18-16-24/h3,5,7,9,11-14,20,24-25H,4,6,8,10,15-18H2,1-2H3. The van der Waals surface area contributed by atoms with Crippen molar-refractivity contribution in [2.24, 2.45) is 0 Å². The molecule has 25 heavy (non-hydrogen) atoms. The minimum Gasteiger partial charge on any atom is -0.317 e. The Morgan fingerprint density at radius 1 is 0.960 bits per heavy atom. The lowest BCUT2D eigenvalue weighted by atomic mass is 9.87. The van der Waals surface area contributed by atoms with Crippen molar-refractivity contribution < 1.29 is 0 Å². The smallest absolute Gasteiger partial charge is 0.00431 e. The van der Waals surface area contributed by atoms with Gasteiger partial charge in [0, 0.05) is 0 Å². The van der Waals surface area contributed by atoms with Crippen LogP contribution in [0.4, 0.5) is 0 Å². The van der Waals surface area contributed by atoms with Crippen molar-refractivity contribution in [1.82, 2.24) is 5.32 Å². The molecule has 0 amide bonds. The highest BCUT2D eigenvalue weighted by atomic mass is 14.9. The molecule has 1 heterocycles. The molecule has 1 aliphatic rings. The van der Waals surface area contributed by atoms with E-state index >= 15 is 0 Å². The average molecular weight is 336 g/mol. The zero-order chi connectivity index (χ0) is 17.5. The fraction of sp³-hybridized carbons (Fsp3) is 0.500. The Balaban J connectivity index is 1.44. The molecule has 3 rings (SSSR count). The Morgan fingerprint density at radius 2 is 1.68 bits per heavy atom. The lowest BCUT2D eigenvalue weighted by Gasteiger charge is -2.23. The molecule has 1 aliphatic heterocycles. The molecular weight excluding hydrogens is 302 g/mol. The molecule has 1 nitrogen and oxygen atoms in total. The number of piperidine rings is 1. The van der Waals surface area contributed by atoms with E-state index in [1.807, 2.05) is 0 Å². The van der Waals surface area contributed by atoms with E-state index in [0.29, 0.717) is 5.92 Å². The van der Waals surface area contributed by atoms with Crippen LogP contribution < -0.4 is 5.32 Å². The van der Waals surface area contributed by atoms with Crippen LogP contribution in [-0.2, 0) is 6.42 Å². The first-order valence-electron chi connectivity index (χ1n) is 10.1. The first-order valence-corrected chi connectivity index (χ1v) is 10.1. The average Bonchev–Trinajstić information content (AvgIpc) is 2.67. The van der Waals surface area contributed by atoms with Crippen LogP contribution in [0, 0.1) is 6.92 Å². The van der Waals surface area contributed by atoms with Gasteiger partial charge in [-0.05, 0) is 86.2 Å². The topological polar surface area (TPSA) is 12.0 Å². The molecule has 134 valence electrons. The Kier molecular flexibility index (Phi) is 6.69. The van der Waals surface area contributed by atoms with Crippen LogP contribution in [0.5, 0.6) is 0 Å². The first kappa shape index (κ1) is 18.2. The molecule has 0 saturated carbocycles. The number of hydrogen-bond donors (Lipinski definition) is 1. The van der Waals surface area contributed by atoms with Gasteiger partial charge in [0.2, 0.25) is 0 Å². The minimum atomic E-state index is 0.666. The molecule has 1 saturated heterocycles. The lowest BCUT2D eigenvalue weighted by molar-refractivity contribution is 0.460. The lowest BCUT2D eigenvalue weighted by Crippen LogP contribution is -2.26. The summed E-state index contributed by atoms with van der Waals surface area (Å²) in [6.07, 6.45) is 7.68. The number of aryl methyl sites for hydroxylation is 2. The molecule has 1 unspecified atom stereocenters. The normalized spacial score (nSPS) is 16.7. The van der Waals surface area contributed by atoms with Gasteiger partial charge in [-0.15, -0.1) is 0 Å². The summed E-state index contributed by atoms with van der Waals surface area (Å²) >= 11 is 0. The quantitative estimate of drug-likeness (QED) is 0.614. The van der Waals surface area contributed by atoms with Crippen molar-refractivity contribution in [2.75, 3.05) is 13.1 Å². The van der Waals surface area contributed by atoms with E-state index in [9.17, 15) is 0 Å². The third-order valence-electron chi connectivity index (χ3n) is 5.91. The van der Waals surface area contributed by atoms with E-state index in [1.165, 1.54) is 73.9 Å². The van der Waals surface area contributed by atoms with Gasteiger partial charge in [0.15, 0.2) is 0 Å². The molecule has 2 aromatic carbocycles. The summed E-state index contributed by atoms with van der Waals surface area (Å²) in [6, 6.07) is 18.3. The third-order valence-corrected chi connectivity index (χ3v) is 5.91. The largest absolute Gasteiger partial charge is 0.317 e.